The molecular weight excluding hydrogens is 240 g/mol. The van der Waals surface area contributed by atoms with E-state index in [2.05, 4.69) is 22.6 Å². The summed E-state index contributed by atoms with van der Waals surface area (Å²) in [7, 11) is 0. The molecule has 0 bridgehead atoms. The molecule has 0 heterocycles. The van der Waals surface area contributed by atoms with Crippen molar-refractivity contribution in [2.45, 2.75) is 6.42 Å². The standard InChI is InChI=1S/C12H14O6/c1-3-5-17-11(15)8-9(7-10(13)14)12(16)18-6-4-2/h3-4,8H,1-2,5-7H2,(H,13,14). The van der Waals surface area contributed by atoms with Gasteiger partial charge in [0.1, 0.15) is 13.2 Å². The van der Waals surface area contributed by atoms with Crippen LogP contribution in [0, 0.1) is 0 Å². The summed E-state index contributed by atoms with van der Waals surface area (Å²) < 4.78 is 9.25. The molecule has 0 aliphatic rings. The Hall–Kier alpha value is -2.37. The van der Waals surface area contributed by atoms with E-state index in [1.165, 1.54) is 12.2 Å². The Morgan fingerprint density at radius 3 is 2.11 bits per heavy atom. The summed E-state index contributed by atoms with van der Waals surface area (Å²) in [5, 5.41) is 8.61. The van der Waals surface area contributed by atoms with Crippen LogP contribution in [-0.2, 0) is 23.9 Å². The Morgan fingerprint density at radius 1 is 1.06 bits per heavy atom. The Balaban J connectivity index is 4.74. The van der Waals surface area contributed by atoms with Gasteiger partial charge >= 0.3 is 17.9 Å². The zero-order valence-electron chi connectivity index (χ0n) is 9.76. The van der Waals surface area contributed by atoms with E-state index in [1.807, 2.05) is 0 Å². The molecule has 0 spiro atoms. The normalized spacial score (nSPS) is 10.3. The number of hydrogen-bond donors (Lipinski definition) is 1. The molecule has 0 unspecified atom stereocenters. The topological polar surface area (TPSA) is 89.9 Å². The van der Waals surface area contributed by atoms with Crippen LogP contribution in [0.25, 0.3) is 0 Å². The molecule has 0 radical (unpaired) electrons. The fraction of sp³-hybridized carbons (Fsp3) is 0.250. The third-order valence-corrected chi connectivity index (χ3v) is 1.57. The molecule has 0 aliphatic carbocycles. The third-order valence-electron chi connectivity index (χ3n) is 1.57. The van der Waals surface area contributed by atoms with Crippen LogP contribution in [-0.4, -0.2) is 36.2 Å². The minimum Gasteiger partial charge on any atom is -0.481 e. The summed E-state index contributed by atoms with van der Waals surface area (Å²) in [6.45, 7) is 6.58. The van der Waals surface area contributed by atoms with Crippen LogP contribution in [0.5, 0.6) is 0 Å². The van der Waals surface area contributed by atoms with Crippen molar-refractivity contribution < 1.29 is 29.0 Å². The van der Waals surface area contributed by atoms with Gasteiger partial charge in [-0.2, -0.15) is 0 Å². The molecule has 0 fully saturated rings. The first-order chi connectivity index (χ1) is 8.51. The van der Waals surface area contributed by atoms with E-state index in [-0.39, 0.29) is 18.8 Å². The molecule has 6 nitrogen and oxygen atoms in total. The van der Waals surface area contributed by atoms with Gasteiger partial charge in [-0.1, -0.05) is 25.3 Å². The summed E-state index contributed by atoms with van der Waals surface area (Å²) >= 11 is 0. The lowest BCUT2D eigenvalue weighted by Gasteiger charge is -2.04. The molecule has 0 aromatic heterocycles. The number of carbonyl (C=O) groups is 3. The summed E-state index contributed by atoms with van der Waals surface area (Å²) in [6.07, 6.45) is 2.84. The Labute approximate surface area is 104 Å². The lowest BCUT2D eigenvalue weighted by molar-refractivity contribution is -0.142. The number of carboxylic acid groups (broad SMARTS) is 1. The molecule has 98 valence electrons. The minimum atomic E-state index is -1.26. The Bertz CT molecular complexity index is 380. The fourth-order valence-corrected chi connectivity index (χ4v) is 0.897. The van der Waals surface area contributed by atoms with Gasteiger partial charge in [-0.3, -0.25) is 4.79 Å². The lowest BCUT2D eigenvalue weighted by Crippen LogP contribution is -2.14. The van der Waals surface area contributed by atoms with Crippen molar-refractivity contribution in [2.24, 2.45) is 0 Å². The van der Waals surface area contributed by atoms with Crippen molar-refractivity contribution in [1.82, 2.24) is 0 Å². The molecule has 18 heavy (non-hydrogen) atoms. The van der Waals surface area contributed by atoms with E-state index < -0.39 is 24.3 Å². The second-order valence-corrected chi connectivity index (χ2v) is 3.05. The predicted octanol–water partition coefficient (Wildman–Crippen LogP) is 0.846. The summed E-state index contributed by atoms with van der Waals surface area (Å²) in [6, 6.07) is 0. The van der Waals surface area contributed by atoms with Gasteiger partial charge in [-0.15, -0.1) is 0 Å². The number of rotatable bonds is 8. The first kappa shape index (κ1) is 15.6. The second kappa shape index (κ2) is 8.74. The molecule has 0 saturated heterocycles. The molecule has 0 saturated carbocycles. The highest BCUT2D eigenvalue weighted by Crippen LogP contribution is 2.05. The average molecular weight is 254 g/mol. The SMILES string of the molecule is C=CCOC(=O)C=C(CC(=O)O)C(=O)OCC=C. The first-order valence-electron chi connectivity index (χ1n) is 4.99. The van der Waals surface area contributed by atoms with Crippen molar-refractivity contribution in [3.05, 3.63) is 37.0 Å². The van der Waals surface area contributed by atoms with Gasteiger partial charge in [0.2, 0.25) is 0 Å². The van der Waals surface area contributed by atoms with Crippen LogP contribution in [0.3, 0.4) is 0 Å². The number of carboxylic acids is 1. The summed E-state index contributed by atoms with van der Waals surface area (Å²) in [4.78, 5) is 33.2. The van der Waals surface area contributed by atoms with E-state index in [1.54, 1.807) is 0 Å². The number of esters is 2. The largest absolute Gasteiger partial charge is 0.481 e. The monoisotopic (exact) mass is 254 g/mol. The second-order valence-electron chi connectivity index (χ2n) is 3.05. The van der Waals surface area contributed by atoms with E-state index >= 15 is 0 Å². The average Bonchev–Trinajstić information content (AvgIpc) is 2.32. The van der Waals surface area contributed by atoms with E-state index in [9.17, 15) is 14.4 Å². The van der Waals surface area contributed by atoms with Gasteiger partial charge in [-0.05, 0) is 0 Å². The van der Waals surface area contributed by atoms with Crippen molar-refractivity contribution >= 4 is 17.9 Å². The molecule has 1 N–H and O–H groups in total. The summed E-state index contributed by atoms with van der Waals surface area (Å²) in [5.74, 6) is -2.98. The third kappa shape index (κ3) is 7.00. The maximum absolute atomic E-state index is 11.4. The van der Waals surface area contributed by atoms with Gasteiger partial charge in [-0.25, -0.2) is 9.59 Å². The van der Waals surface area contributed by atoms with Crippen LogP contribution in [0.2, 0.25) is 0 Å². The van der Waals surface area contributed by atoms with Crippen LogP contribution < -0.4 is 0 Å². The highest BCUT2D eigenvalue weighted by molar-refractivity contribution is 5.99. The first-order valence-corrected chi connectivity index (χ1v) is 4.99. The molecule has 0 rings (SSSR count). The van der Waals surface area contributed by atoms with Crippen molar-refractivity contribution in [3.63, 3.8) is 0 Å². The molecule has 0 aromatic rings. The van der Waals surface area contributed by atoms with Crippen LogP contribution in [0.1, 0.15) is 6.42 Å². The molecular formula is C12H14O6. The predicted molar refractivity (Wildman–Crippen MR) is 62.6 cm³/mol. The molecule has 0 aliphatic heterocycles. The molecule has 0 aromatic carbocycles. The maximum atomic E-state index is 11.4. The Morgan fingerprint density at radius 2 is 1.61 bits per heavy atom. The number of carbonyl (C=O) groups excluding carboxylic acids is 2. The smallest absolute Gasteiger partial charge is 0.335 e. The van der Waals surface area contributed by atoms with Gasteiger partial charge < -0.3 is 14.6 Å². The minimum absolute atomic E-state index is 0.0304. The van der Waals surface area contributed by atoms with E-state index in [0.29, 0.717) is 0 Å². The van der Waals surface area contributed by atoms with Crippen molar-refractivity contribution in [3.8, 4) is 0 Å². The van der Waals surface area contributed by atoms with Gasteiger partial charge in [0.15, 0.2) is 0 Å². The van der Waals surface area contributed by atoms with Crippen LogP contribution in [0.15, 0.2) is 37.0 Å². The van der Waals surface area contributed by atoms with Gasteiger partial charge in [0.05, 0.1) is 12.0 Å². The van der Waals surface area contributed by atoms with Gasteiger partial charge in [0.25, 0.3) is 0 Å². The Kier molecular flexibility index (Phi) is 7.59. The van der Waals surface area contributed by atoms with Crippen molar-refractivity contribution in [2.75, 3.05) is 13.2 Å². The zero-order chi connectivity index (χ0) is 14.0. The highest BCUT2D eigenvalue weighted by atomic mass is 16.5. The number of ether oxygens (including phenoxy) is 2. The van der Waals surface area contributed by atoms with E-state index in [4.69, 9.17) is 5.11 Å². The molecule has 0 atom stereocenters. The van der Waals surface area contributed by atoms with Gasteiger partial charge in [0, 0.05) is 6.08 Å². The lowest BCUT2D eigenvalue weighted by atomic mass is 10.2. The zero-order valence-corrected chi connectivity index (χ0v) is 9.76. The van der Waals surface area contributed by atoms with Crippen molar-refractivity contribution in [1.29, 1.82) is 0 Å². The van der Waals surface area contributed by atoms with Crippen LogP contribution in [0.4, 0.5) is 0 Å². The van der Waals surface area contributed by atoms with Crippen LogP contribution >= 0.6 is 0 Å². The maximum Gasteiger partial charge on any atom is 0.335 e. The van der Waals surface area contributed by atoms with E-state index in [0.717, 1.165) is 6.08 Å². The molecule has 6 heteroatoms. The highest BCUT2D eigenvalue weighted by Gasteiger charge is 2.16. The molecule has 0 amide bonds. The fourth-order valence-electron chi connectivity index (χ4n) is 0.897. The number of aliphatic carboxylic acids is 1. The number of hydrogen-bond acceptors (Lipinski definition) is 5. The summed E-state index contributed by atoms with van der Waals surface area (Å²) in [5.41, 5.74) is -0.293. The quantitative estimate of drug-likeness (QED) is 0.392.